The van der Waals surface area contributed by atoms with Crippen molar-refractivity contribution in [2.75, 3.05) is 44.2 Å². The highest BCUT2D eigenvalue weighted by Crippen LogP contribution is 2.33. The van der Waals surface area contributed by atoms with E-state index in [0.717, 1.165) is 16.3 Å². The number of piperidine rings is 1. The number of carbonyl (C=O) groups is 1. The highest BCUT2D eigenvalue weighted by molar-refractivity contribution is 7.89. The van der Waals surface area contributed by atoms with Gasteiger partial charge in [0.05, 0.1) is 9.90 Å². The number of thiazole rings is 1. The van der Waals surface area contributed by atoms with Crippen molar-refractivity contribution in [3.63, 3.8) is 0 Å². The van der Waals surface area contributed by atoms with Gasteiger partial charge in [-0.1, -0.05) is 17.7 Å². The van der Waals surface area contributed by atoms with Gasteiger partial charge in [0, 0.05) is 61.3 Å². The van der Waals surface area contributed by atoms with Gasteiger partial charge in [0.15, 0.2) is 0 Å². The zero-order chi connectivity index (χ0) is 26.2. The Bertz CT molecular complexity index is 1380. The predicted octanol–water partition coefficient (Wildman–Crippen LogP) is 4.77. The van der Waals surface area contributed by atoms with Crippen molar-refractivity contribution in [1.29, 1.82) is 0 Å². The lowest BCUT2D eigenvalue weighted by molar-refractivity contribution is 0.0741. The first-order valence-corrected chi connectivity index (χ1v) is 14.9. The molecular weight excluding hydrogens is 535 g/mol. The first-order valence-electron chi connectivity index (χ1n) is 12.2. The Morgan fingerprint density at radius 1 is 1.03 bits per heavy atom. The van der Waals surface area contributed by atoms with E-state index < -0.39 is 10.0 Å². The smallest absolute Gasteiger partial charge is 0.273 e. The number of hydrogen-bond donors (Lipinski definition) is 0. The molecule has 2 fully saturated rings. The molecule has 3 aromatic rings. The normalized spacial score (nSPS) is 17.8. The first-order chi connectivity index (χ1) is 17.7. The van der Waals surface area contributed by atoms with Crippen molar-refractivity contribution in [3.8, 4) is 0 Å². The van der Waals surface area contributed by atoms with Gasteiger partial charge in [0.2, 0.25) is 10.0 Å². The molecule has 1 aromatic heterocycles. The molecule has 5 rings (SSSR count). The van der Waals surface area contributed by atoms with Crippen LogP contribution in [0, 0.1) is 12.7 Å². The van der Waals surface area contributed by atoms with E-state index in [1.165, 1.54) is 33.8 Å². The Kier molecular flexibility index (Phi) is 7.53. The second-order valence-electron chi connectivity index (χ2n) is 9.42. The van der Waals surface area contributed by atoms with Crippen LogP contribution in [0.15, 0.2) is 52.7 Å². The fourth-order valence-electron chi connectivity index (χ4n) is 4.78. The van der Waals surface area contributed by atoms with Crippen LogP contribution in [0.4, 0.5) is 10.1 Å². The third kappa shape index (κ3) is 5.52. The maximum atomic E-state index is 13.2. The topological polar surface area (TPSA) is 73.8 Å². The standard InChI is InChI=1S/C26H28ClFN4O3S2/c1-18-2-7-22(16-23(18)27)37(34,35)32-10-8-19(9-11-32)25-29-24(17-36-25)26(33)31-14-12-30(13-15-31)21-5-3-20(28)4-6-21/h2-7,16-17,19H,8-15H2,1H3. The summed E-state index contributed by atoms with van der Waals surface area (Å²) in [5.74, 6) is -0.229. The van der Waals surface area contributed by atoms with E-state index in [2.05, 4.69) is 9.88 Å². The molecule has 2 saturated heterocycles. The lowest BCUT2D eigenvalue weighted by atomic mass is 9.99. The summed E-state index contributed by atoms with van der Waals surface area (Å²) in [7, 11) is -3.61. The second kappa shape index (κ2) is 10.7. The van der Waals surface area contributed by atoms with E-state index in [9.17, 15) is 17.6 Å². The maximum Gasteiger partial charge on any atom is 0.273 e. The molecule has 2 aliphatic rings. The van der Waals surface area contributed by atoms with Crippen molar-refractivity contribution >= 4 is 44.6 Å². The Morgan fingerprint density at radius 3 is 2.35 bits per heavy atom. The number of sulfonamides is 1. The maximum absolute atomic E-state index is 13.2. The molecule has 0 N–H and O–H groups in total. The first kappa shape index (κ1) is 26.1. The largest absolute Gasteiger partial charge is 0.368 e. The number of hydrogen-bond acceptors (Lipinski definition) is 6. The minimum Gasteiger partial charge on any atom is -0.368 e. The number of halogens is 2. The van der Waals surface area contributed by atoms with Crippen LogP contribution in [-0.2, 0) is 10.0 Å². The minimum atomic E-state index is -3.61. The van der Waals surface area contributed by atoms with Crippen molar-refractivity contribution < 1.29 is 17.6 Å². The van der Waals surface area contributed by atoms with E-state index in [0.29, 0.717) is 62.8 Å². The van der Waals surface area contributed by atoms with Crippen LogP contribution in [0.3, 0.4) is 0 Å². The highest BCUT2D eigenvalue weighted by Gasteiger charge is 2.32. The van der Waals surface area contributed by atoms with Gasteiger partial charge in [-0.25, -0.2) is 17.8 Å². The molecule has 0 spiro atoms. The molecule has 7 nitrogen and oxygen atoms in total. The molecule has 11 heteroatoms. The molecule has 0 unspecified atom stereocenters. The van der Waals surface area contributed by atoms with Gasteiger partial charge in [-0.05, 0) is 61.7 Å². The van der Waals surface area contributed by atoms with Crippen LogP contribution < -0.4 is 4.90 Å². The fourth-order valence-corrected chi connectivity index (χ4v) is 7.49. The zero-order valence-electron chi connectivity index (χ0n) is 20.4. The molecule has 0 saturated carbocycles. The van der Waals surface area contributed by atoms with Crippen molar-refractivity contribution in [2.24, 2.45) is 0 Å². The SMILES string of the molecule is Cc1ccc(S(=O)(=O)N2CCC(c3nc(C(=O)N4CCN(c5ccc(F)cc5)CC4)cs3)CC2)cc1Cl. The van der Waals surface area contributed by atoms with Gasteiger partial charge in [-0.15, -0.1) is 11.3 Å². The number of aryl methyl sites for hydroxylation is 1. The predicted molar refractivity (Wildman–Crippen MR) is 144 cm³/mol. The van der Waals surface area contributed by atoms with Crippen molar-refractivity contribution in [3.05, 3.63) is 74.9 Å². The molecule has 0 bridgehead atoms. The van der Waals surface area contributed by atoms with E-state index in [4.69, 9.17) is 11.6 Å². The lowest BCUT2D eigenvalue weighted by Gasteiger charge is -2.35. The molecule has 0 aliphatic carbocycles. The quantitative estimate of drug-likeness (QED) is 0.448. The van der Waals surface area contributed by atoms with E-state index in [1.807, 2.05) is 6.92 Å². The van der Waals surface area contributed by atoms with Crippen LogP contribution in [-0.4, -0.2) is 67.8 Å². The van der Waals surface area contributed by atoms with Gasteiger partial charge in [0.25, 0.3) is 5.91 Å². The number of rotatable bonds is 5. The van der Waals surface area contributed by atoms with Crippen LogP contribution >= 0.6 is 22.9 Å². The van der Waals surface area contributed by atoms with Crippen LogP contribution in [0.2, 0.25) is 5.02 Å². The summed E-state index contributed by atoms with van der Waals surface area (Å²) >= 11 is 7.62. The van der Waals surface area contributed by atoms with Crippen LogP contribution in [0.5, 0.6) is 0 Å². The third-order valence-electron chi connectivity index (χ3n) is 7.08. The summed E-state index contributed by atoms with van der Waals surface area (Å²) in [5.41, 5.74) is 2.23. The monoisotopic (exact) mass is 562 g/mol. The summed E-state index contributed by atoms with van der Waals surface area (Å²) in [4.78, 5) is 21.9. The van der Waals surface area contributed by atoms with E-state index in [-0.39, 0.29) is 22.5 Å². The molecule has 37 heavy (non-hydrogen) atoms. The number of carbonyl (C=O) groups excluding carboxylic acids is 1. The lowest BCUT2D eigenvalue weighted by Crippen LogP contribution is -2.48. The van der Waals surface area contributed by atoms with Gasteiger partial charge in [0.1, 0.15) is 11.5 Å². The summed E-state index contributed by atoms with van der Waals surface area (Å²) in [5, 5.41) is 3.12. The Balaban J connectivity index is 1.17. The minimum absolute atomic E-state index is 0.0856. The number of benzene rings is 2. The van der Waals surface area contributed by atoms with Crippen LogP contribution in [0.1, 0.15) is 39.8 Å². The van der Waals surface area contributed by atoms with Crippen LogP contribution in [0.25, 0.3) is 0 Å². The summed E-state index contributed by atoms with van der Waals surface area (Å²) in [6.07, 6.45) is 1.30. The van der Waals surface area contributed by atoms with E-state index in [1.54, 1.807) is 34.5 Å². The van der Waals surface area contributed by atoms with Gasteiger partial charge >= 0.3 is 0 Å². The Hall–Kier alpha value is -2.53. The Labute approximate surface area is 225 Å². The van der Waals surface area contributed by atoms with Gasteiger partial charge in [-0.2, -0.15) is 4.31 Å². The van der Waals surface area contributed by atoms with Gasteiger partial charge in [-0.3, -0.25) is 4.79 Å². The molecule has 1 amide bonds. The van der Waals surface area contributed by atoms with Crippen molar-refractivity contribution in [2.45, 2.75) is 30.6 Å². The summed E-state index contributed by atoms with van der Waals surface area (Å²) in [6.45, 7) is 5.12. The molecule has 2 aromatic carbocycles. The fraction of sp³-hybridized carbons (Fsp3) is 0.385. The van der Waals surface area contributed by atoms with E-state index >= 15 is 0 Å². The average Bonchev–Trinajstić information content (AvgIpc) is 3.41. The molecule has 0 atom stereocenters. The number of amides is 1. The third-order valence-corrected chi connectivity index (χ3v) is 10.4. The molecule has 0 radical (unpaired) electrons. The summed E-state index contributed by atoms with van der Waals surface area (Å²) < 4.78 is 40.9. The summed E-state index contributed by atoms with van der Waals surface area (Å²) in [6, 6.07) is 11.2. The number of aromatic nitrogens is 1. The Morgan fingerprint density at radius 2 is 1.70 bits per heavy atom. The van der Waals surface area contributed by atoms with Gasteiger partial charge < -0.3 is 9.80 Å². The second-order valence-corrected chi connectivity index (χ2v) is 12.7. The molecule has 2 aliphatic heterocycles. The highest BCUT2D eigenvalue weighted by atomic mass is 35.5. The number of nitrogens with zero attached hydrogens (tertiary/aromatic N) is 4. The number of piperazine rings is 1. The van der Waals surface area contributed by atoms with Crippen molar-refractivity contribution in [1.82, 2.24) is 14.2 Å². The molecule has 3 heterocycles. The zero-order valence-corrected chi connectivity index (χ0v) is 22.8. The number of anilines is 1. The molecule has 196 valence electrons. The molecular formula is C26H28ClFN4O3S2. The average molecular weight is 563 g/mol.